The second kappa shape index (κ2) is 6.08. The third kappa shape index (κ3) is 2.52. The normalized spacial score (nSPS) is 10.9. The van der Waals surface area contributed by atoms with Crippen LogP contribution in [0.25, 0.3) is 16.3 Å². The molecule has 118 valence electrons. The van der Waals surface area contributed by atoms with Crippen molar-refractivity contribution in [3.63, 3.8) is 0 Å². The van der Waals surface area contributed by atoms with Gasteiger partial charge in [0.2, 0.25) is 0 Å². The lowest BCUT2D eigenvalue weighted by atomic mass is 10.1. The van der Waals surface area contributed by atoms with Gasteiger partial charge in [-0.05, 0) is 19.9 Å². The maximum Gasteiger partial charge on any atom is 0.357 e. The highest BCUT2D eigenvalue weighted by Crippen LogP contribution is 2.26. The molecule has 0 saturated heterocycles. The summed E-state index contributed by atoms with van der Waals surface area (Å²) in [6.45, 7) is 3.96. The Morgan fingerprint density at radius 1 is 1.09 bits per heavy atom. The highest BCUT2D eigenvalue weighted by atomic mass is 16.5. The highest BCUT2D eigenvalue weighted by Gasteiger charge is 2.23. The molecule has 0 spiro atoms. The van der Waals surface area contributed by atoms with Crippen LogP contribution in [0.1, 0.15) is 34.7 Å². The van der Waals surface area contributed by atoms with E-state index in [1.807, 2.05) is 24.3 Å². The van der Waals surface area contributed by atoms with Crippen molar-refractivity contribution in [2.75, 3.05) is 13.2 Å². The average molecular weight is 312 g/mol. The minimum absolute atomic E-state index is 0.204. The van der Waals surface area contributed by atoms with Crippen molar-refractivity contribution in [3.8, 4) is 0 Å². The molecule has 0 saturated carbocycles. The Morgan fingerprint density at radius 3 is 2.52 bits per heavy atom. The van der Waals surface area contributed by atoms with Crippen LogP contribution >= 0.6 is 0 Å². The standard InChI is InChI=1S/C17H16N2O4/c1-3-22-16(20)13-9-14(17(21)23-4-2)19-15(13)12-8-6-5-7-11(12)10-18-19/h5-10H,3-4H2,1-2H3. The molecule has 0 unspecified atom stereocenters. The minimum atomic E-state index is -0.527. The van der Waals surface area contributed by atoms with Gasteiger partial charge in [-0.25, -0.2) is 14.1 Å². The Kier molecular flexibility index (Phi) is 3.97. The number of ether oxygens (including phenoxy) is 2. The van der Waals surface area contributed by atoms with Crippen LogP contribution in [0, 0.1) is 0 Å². The molecule has 6 nitrogen and oxygen atoms in total. The number of hydrogen-bond donors (Lipinski definition) is 0. The van der Waals surface area contributed by atoms with Crippen LogP contribution in [0.3, 0.4) is 0 Å². The molecule has 2 heterocycles. The number of nitrogens with zero attached hydrogens (tertiary/aromatic N) is 2. The van der Waals surface area contributed by atoms with E-state index in [1.54, 1.807) is 20.0 Å². The molecule has 0 N–H and O–H groups in total. The monoisotopic (exact) mass is 312 g/mol. The number of hydrogen-bond acceptors (Lipinski definition) is 5. The predicted molar refractivity (Wildman–Crippen MR) is 84.6 cm³/mol. The molecule has 0 bridgehead atoms. The fourth-order valence-corrected chi connectivity index (χ4v) is 2.54. The second-order valence-electron chi connectivity index (χ2n) is 4.88. The molecule has 3 aromatic rings. The fourth-order valence-electron chi connectivity index (χ4n) is 2.54. The number of carbonyl (C=O) groups excluding carboxylic acids is 2. The van der Waals surface area contributed by atoms with Crippen LogP contribution in [-0.2, 0) is 9.47 Å². The van der Waals surface area contributed by atoms with E-state index in [1.165, 1.54) is 10.6 Å². The van der Waals surface area contributed by atoms with Gasteiger partial charge < -0.3 is 9.47 Å². The van der Waals surface area contributed by atoms with Gasteiger partial charge in [0.05, 0.1) is 30.5 Å². The van der Waals surface area contributed by atoms with Crippen LogP contribution in [0.4, 0.5) is 0 Å². The summed E-state index contributed by atoms with van der Waals surface area (Å²) in [7, 11) is 0. The van der Waals surface area contributed by atoms with Gasteiger partial charge in [-0.1, -0.05) is 24.3 Å². The number of carbonyl (C=O) groups is 2. The Morgan fingerprint density at radius 2 is 1.78 bits per heavy atom. The van der Waals surface area contributed by atoms with E-state index in [2.05, 4.69) is 5.10 Å². The van der Waals surface area contributed by atoms with Gasteiger partial charge in [-0.3, -0.25) is 0 Å². The van der Waals surface area contributed by atoms with Crippen molar-refractivity contribution in [2.45, 2.75) is 13.8 Å². The van der Waals surface area contributed by atoms with E-state index in [-0.39, 0.29) is 18.9 Å². The lowest BCUT2D eigenvalue weighted by molar-refractivity contribution is 0.0516. The summed E-state index contributed by atoms with van der Waals surface area (Å²) in [5, 5.41) is 5.98. The lowest BCUT2D eigenvalue weighted by Crippen LogP contribution is -2.09. The maximum atomic E-state index is 12.3. The first-order valence-electron chi connectivity index (χ1n) is 7.41. The number of fused-ring (bicyclic) bond motifs is 3. The van der Waals surface area contributed by atoms with Gasteiger partial charge in [0.15, 0.2) is 5.69 Å². The van der Waals surface area contributed by atoms with Crippen molar-refractivity contribution in [3.05, 3.63) is 47.8 Å². The molecule has 3 rings (SSSR count). The van der Waals surface area contributed by atoms with Crippen molar-refractivity contribution >= 4 is 28.2 Å². The molecule has 0 aliphatic rings. The zero-order valence-corrected chi connectivity index (χ0v) is 12.9. The van der Waals surface area contributed by atoms with Crippen molar-refractivity contribution in [1.82, 2.24) is 9.61 Å². The minimum Gasteiger partial charge on any atom is -0.462 e. The maximum absolute atomic E-state index is 12.3. The Balaban J connectivity index is 2.33. The van der Waals surface area contributed by atoms with E-state index in [0.29, 0.717) is 11.1 Å². The van der Waals surface area contributed by atoms with E-state index < -0.39 is 11.9 Å². The topological polar surface area (TPSA) is 69.9 Å². The molecule has 0 radical (unpaired) electrons. The highest BCUT2D eigenvalue weighted by molar-refractivity contribution is 6.10. The molecule has 6 heteroatoms. The summed E-state index contributed by atoms with van der Waals surface area (Å²) < 4.78 is 11.6. The molecule has 0 atom stereocenters. The summed E-state index contributed by atoms with van der Waals surface area (Å²) in [5.41, 5.74) is 1.06. The smallest absolute Gasteiger partial charge is 0.357 e. The molecule has 2 aromatic heterocycles. The quantitative estimate of drug-likeness (QED) is 0.693. The number of esters is 2. The molecule has 0 fully saturated rings. The van der Waals surface area contributed by atoms with Crippen molar-refractivity contribution < 1.29 is 19.1 Å². The Bertz CT molecular complexity index is 898. The number of rotatable bonds is 4. The van der Waals surface area contributed by atoms with Gasteiger partial charge in [0, 0.05) is 10.8 Å². The molecule has 0 aliphatic heterocycles. The molecule has 23 heavy (non-hydrogen) atoms. The first kappa shape index (κ1) is 15.0. The zero-order chi connectivity index (χ0) is 16.4. The molecular formula is C17H16N2O4. The van der Waals surface area contributed by atoms with Gasteiger partial charge in [0.25, 0.3) is 0 Å². The largest absolute Gasteiger partial charge is 0.462 e. The predicted octanol–water partition coefficient (Wildman–Crippen LogP) is 2.84. The first-order valence-corrected chi connectivity index (χ1v) is 7.41. The number of aromatic nitrogens is 2. The fraction of sp³-hybridized carbons (Fsp3) is 0.235. The van der Waals surface area contributed by atoms with E-state index in [0.717, 1.165) is 10.8 Å². The molecule has 0 amide bonds. The first-order chi connectivity index (χ1) is 11.2. The van der Waals surface area contributed by atoms with Crippen LogP contribution < -0.4 is 0 Å². The summed E-state index contributed by atoms with van der Waals surface area (Å²) in [4.78, 5) is 24.4. The van der Waals surface area contributed by atoms with Gasteiger partial charge in [0.1, 0.15) is 0 Å². The van der Waals surface area contributed by atoms with Crippen LogP contribution in [-0.4, -0.2) is 34.8 Å². The summed E-state index contributed by atoms with van der Waals surface area (Å²) in [6, 6.07) is 9.01. The van der Waals surface area contributed by atoms with Crippen LogP contribution in [0.2, 0.25) is 0 Å². The van der Waals surface area contributed by atoms with E-state index in [4.69, 9.17) is 9.47 Å². The summed E-state index contributed by atoms with van der Waals surface area (Å²) in [6.07, 6.45) is 1.65. The van der Waals surface area contributed by atoms with E-state index in [9.17, 15) is 9.59 Å². The zero-order valence-electron chi connectivity index (χ0n) is 12.9. The molecule has 0 aliphatic carbocycles. The Hall–Kier alpha value is -2.89. The molecular weight excluding hydrogens is 296 g/mol. The van der Waals surface area contributed by atoms with Gasteiger partial charge in [-0.2, -0.15) is 5.10 Å². The van der Waals surface area contributed by atoms with Gasteiger partial charge in [-0.15, -0.1) is 0 Å². The van der Waals surface area contributed by atoms with Crippen LogP contribution in [0.15, 0.2) is 36.5 Å². The molecule has 1 aromatic carbocycles. The third-order valence-electron chi connectivity index (χ3n) is 3.48. The number of benzene rings is 1. The van der Waals surface area contributed by atoms with Crippen molar-refractivity contribution in [2.24, 2.45) is 0 Å². The summed E-state index contributed by atoms with van der Waals surface area (Å²) in [5.74, 6) is -1.01. The summed E-state index contributed by atoms with van der Waals surface area (Å²) >= 11 is 0. The van der Waals surface area contributed by atoms with Crippen molar-refractivity contribution in [1.29, 1.82) is 0 Å². The van der Waals surface area contributed by atoms with Crippen LogP contribution in [0.5, 0.6) is 0 Å². The second-order valence-corrected chi connectivity index (χ2v) is 4.88. The Labute approximate surface area is 132 Å². The third-order valence-corrected chi connectivity index (χ3v) is 3.48. The lowest BCUT2D eigenvalue weighted by Gasteiger charge is -2.05. The van der Waals surface area contributed by atoms with Gasteiger partial charge >= 0.3 is 11.9 Å². The van der Waals surface area contributed by atoms with E-state index >= 15 is 0 Å². The SMILES string of the molecule is CCOC(=O)c1cc(C(=O)OCC)n2ncc3ccccc3c12. The average Bonchev–Trinajstić information content (AvgIpc) is 2.95.